The van der Waals surface area contributed by atoms with E-state index in [2.05, 4.69) is 38.4 Å². The molecule has 3 saturated carbocycles. The highest BCUT2D eigenvalue weighted by Crippen LogP contribution is 2.57. The van der Waals surface area contributed by atoms with E-state index in [-0.39, 0.29) is 17.6 Å². The van der Waals surface area contributed by atoms with Crippen LogP contribution < -0.4 is 31.8 Å². The van der Waals surface area contributed by atoms with E-state index in [0.29, 0.717) is 23.4 Å². The maximum Gasteiger partial charge on any atom is 0.233 e. The topological polar surface area (TPSA) is 117 Å². The number of anilines is 1. The van der Waals surface area contributed by atoms with E-state index in [4.69, 9.17) is 10.5 Å². The second-order valence-electron chi connectivity index (χ2n) is 15.5. The lowest BCUT2D eigenvalue weighted by molar-refractivity contribution is -0.181. The molecule has 8 atom stereocenters. The number of carbonyl (C=O) groups is 1. The Labute approximate surface area is 270 Å². The third-order valence-corrected chi connectivity index (χ3v) is 13.0. The molecule has 7 rings (SSSR count). The molecule has 1 spiro atoms. The van der Waals surface area contributed by atoms with Gasteiger partial charge in [-0.3, -0.25) is 15.1 Å². The van der Waals surface area contributed by atoms with Gasteiger partial charge in [0.25, 0.3) is 0 Å². The predicted molar refractivity (Wildman–Crippen MR) is 178 cm³/mol. The SMILES string of the molecule is CNCC1CNC23C4CCCCCCCC(C4)C4CCCCCCC1(C4)N2NC(N)C3C(=O)Nc1cnccc1OC1CCC1. The molecule has 1 amide bonds. The van der Waals surface area contributed by atoms with Crippen molar-refractivity contribution in [3.63, 3.8) is 0 Å². The number of rotatable bonds is 6. The zero-order valence-corrected chi connectivity index (χ0v) is 27.7. The van der Waals surface area contributed by atoms with Crippen LogP contribution in [0.5, 0.6) is 5.75 Å². The summed E-state index contributed by atoms with van der Waals surface area (Å²) in [5.74, 6) is 2.47. The zero-order valence-electron chi connectivity index (χ0n) is 27.7. The number of nitrogens with zero attached hydrogens (tertiary/aromatic N) is 2. The van der Waals surface area contributed by atoms with Crippen LogP contribution in [0.3, 0.4) is 0 Å². The van der Waals surface area contributed by atoms with Crippen LogP contribution in [0, 0.1) is 29.6 Å². The van der Waals surface area contributed by atoms with E-state index in [1.54, 1.807) is 12.4 Å². The summed E-state index contributed by atoms with van der Waals surface area (Å²) in [6.45, 7) is 1.87. The van der Waals surface area contributed by atoms with Crippen molar-refractivity contribution in [2.45, 2.75) is 139 Å². The van der Waals surface area contributed by atoms with Crippen LogP contribution in [-0.2, 0) is 4.79 Å². The highest BCUT2D eigenvalue weighted by atomic mass is 16.5. The molecule has 3 aliphatic heterocycles. The fourth-order valence-electron chi connectivity index (χ4n) is 10.6. The van der Waals surface area contributed by atoms with Gasteiger partial charge < -0.3 is 21.1 Å². The molecule has 0 aromatic carbocycles. The molecule has 0 radical (unpaired) electrons. The molecular weight excluding hydrogens is 562 g/mol. The molecule has 1 aromatic heterocycles. The lowest BCUT2D eigenvalue weighted by Gasteiger charge is -2.64. The smallest absolute Gasteiger partial charge is 0.233 e. The summed E-state index contributed by atoms with van der Waals surface area (Å²) in [6.07, 6.45) is 25.7. The Morgan fingerprint density at radius 1 is 1.02 bits per heavy atom. The Balaban J connectivity index is 1.31. The van der Waals surface area contributed by atoms with Gasteiger partial charge in [-0.25, -0.2) is 10.4 Å². The largest absolute Gasteiger partial charge is 0.488 e. The number of nitrogens with two attached hydrogens (primary N) is 1. The van der Waals surface area contributed by atoms with E-state index < -0.39 is 17.7 Å². The number of carbonyl (C=O) groups excluding carboxylic acids is 1. The Morgan fingerprint density at radius 2 is 1.78 bits per heavy atom. The molecule has 1 aromatic rings. The Hall–Kier alpha value is -1.78. The molecule has 250 valence electrons. The molecular formula is C36H59N7O2. The van der Waals surface area contributed by atoms with Crippen molar-refractivity contribution >= 4 is 11.6 Å². The second-order valence-corrected chi connectivity index (χ2v) is 15.5. The molecule has 6 N–H and O–H groups in total. The Bertz CT molecular complexity index is 1160. The van der Waals surface area contributed by atoms with Crippen molar-refractivity contribution in [3.8, 4) is 5.75 Å². The van der Waals surface area contributed by atoms with E-state index in [1.165, 1.54) is 89.9 Å². The zero-order chi connectivity index (χ0) is 30.9. The van der Waals surface area contributed by atoms with Gasteiger partial charge in [-0.2, -0.15) is 0 Å². The van der Waals surface area contributed by atoms with Gasteiger partial charge in [0, 0.05) is 36.8 Å². The molecule has 45 heavy (non-hydrogen) atoms. The average Bonchev–Trinajstić information content (AvgIpc) is 3.38. The minimum Gasteiger partial charge on any atom is -0.488 e. The molecule has 9 nitrogen and oxygen atoms in total. The van der Waals surface area contributed by atoms with Crippen LogP contribution in [0.2, 0.25) is 0 Å². The minimum absolute atomic E-state index is 0.0208. The summed E-state index contributed by atoms with van der Waals surface area (Å²) in [5, 5.41) is 13.7. The van der Waals surface area contributed by atoms with Crippen LogP contribution in [-0.4, -0.2) is 59.5 Å². The van der Waals surface area contributed by atoms with Gasteiger partial charge >= 0.3 is 0 Å². The summed E-state index contributed by atoms with van der Waals surface area (Å²) in [4.78, 5) is 19.2. The van der Waals surface area contributed by atoms with Gasteiger partial charge in [-0.05, 0) is 69.7 Å². The average molecular weight is 622 g/mol. The number of hydrazine groups is 1. The second kappa shape index (κ2) is 13.8. The number of ether oxygens (including phenoxy) is 1. The number of amides is 1. The third-order valence-electron chi connectivity index (χ3n) is 13.0. The van der Waals surface area contributed by atoms with Crippen molar-refractivity contribution in [2.75, 3.05) is 25.5 Å². The molecule has 6 aliphatic rings. The minimum atomic E-state index is -0.540. The standard InChI is InChI=1S/C36H59N7O2/c1-38-22-28-23-40-36-27-14-9-4-2-3-7-12-25(20-27)26-13-8-5-6-10-18-35(28,21-26)43(36)42-33(37)32(36)34(44)41-30-24-39-19-17-31(30)45-29-15-11-16-29/h17,19,24-29,32-33,38,40,42H,2-16,18,20-23,37H2,1H3,(H,41,44). The fourth-order valence-corrected chi connectivity index (χ4v) is 10.6. The molecule has 5 bridgehead atoms. The first-order valence-corrected chi connectivity index (χ1v) is 18.7. The highest BCUT2D eigenvalue weighted by molar-refractivity contribution is 5.95. The van der Waals surface area contributed by atoms with Crippen LogP contribution in [0.4, 0.5) is 5.69 Å². The number of hydrogen-bond acceptors (Lipinski definition) is 8. The fraction of sp³-hybridized carbons (Fsp3) is 0.833. The van der Waals surface area contributed by atoms with Gasteiger partial charge in [0.1, 0.15) is 23.0 Å². The van der Waals surface area contributed by atoms with E-state index in [0.717, 1.165) is 50.4 Å². The van der Waals surface area contributed by atoms with E-state index in [1.807, 2.05) is 6.07 Å². The first-order valence-electron chi connectivity index (χ1n) is 18.7. The lowest BCUT2D eigenvalue weighted by atomic mass is 9.59. The van der Waals surface area contributed by atoms with Crippen LogP contribution in [0.15, 0.2) is 18.5 Å². The van der Waals surface area contributed by atoms with Crippen molar-refractivity contribution in [1.29, 1.82) is 0 Å². The number of aromatic nitrogens is 1. The Morgan fingerprint density at radius 3 is 2.56 bits per heavy atom. The van der Waals surface area contributed by atoms with Gasteiger partial charge in [-0.15, -0.1) is 0 Å². The normalized spacial score (nSPS) is 39.5. The van der Waals surface area contributed by atoms with Gasteiger partial charge in [0.15, 0.2) is 0 Å². The first-order chi connectivity index (χ1) is 22.0. The quantitative estimate of drug-likeness (QED) is 0.291. The monoisotopic (exact) mass is 621 g/mol. The summed E-state index contributed by atoms with van der Waals surface area (Å²) in [7, 11) is 2.10. The summed E-state index contributed by atoms with van der Waals surface area (Å²) in [6, 6.07) is 1.89. The Kier molecular flexibility index (Phi) is 9.72. The number of nitrogens with one attached hydrogen (secondary N) is 4. The van der Waals surface area contributed by atoms with Crippen LogP contribution in [0.25, 0.3) is 0 Å². The number of hydrogen-bond donors (Lipinski definition) is 5. The lowest BCUT2D eigenvalue weighted by Crippen LogP contribution is -2.80. The van der Waals surface area contributed by atoms with Crippen LogP contribution in [0.1, 0.15) is 116 Å². The van der Waals surface area contributed by atoms with Crippen molar-refractivity contribution in [2.24, 2.45) is 35.3 Å². The van der Waals surface area contributed by atoms with Gasteiger partial charge in [0.05, 0.1) is 18.5 Å². The molecule has 6 fully saturated rings. The maximum absolute atomic E-state index is 14.8. The molecule has 8 unspecified atom stereocenters. The maximum atomic E-state index is 14.8. The number of pyridine rings is 1. The van der Waals surface area contributed by atoms with Crippen molar-refractivity contribution in [1.82, 2.24) is 26.1 Å². The predicted octanol–water partition coefficient (Wildman–Crippen LogP) is 5.29. The van der Waals surface area contributed by atoms with Crippen molar-refractivity contribution < 1.29 is 9.53 Å². The summed E-state index contributed by atoms with van der Waals surface area (Å²) in [5.41, 5.74) is 11.1. The third kappa shape index (κ3) is 5.94. The summed E-state index contributed by atoms with van der Waals surface area (Å²) < 4.78 is 6.31. The first kappa shape index (κ1) is 31.8. The van der Waals surface area contributed by atoms with Crippen molar-refractivity contribution in [3.05, 3.63) is 18.5 Å². The van der Waals surface area contributed by atoms with Crippen LogP contribution >= 0.6 is 0 Å². The molecule has 9 heteroatoms. The van der Waals surface area contributed by atoms with Gasteiger partial charge in [-0.1, -0.05) is 70.6 Å². The molecule has 4 heterocycles. The van der Waals surface area contributed by atoms with E-state index >= 15 is 0 Å². The van der Waals surface area contributed by atoms with Gasteiger partial charge in [0.2, 0.25) is 5.91 Å². The summed E-state index contributed by atoms with van der Waals surface area (Å²) >= 11 is 0. The number of fused-ring (bicyclic) bond motifs is 4. The molecule has 3 aliphatic carbocycles. The van der Waals surface area contributed by atoms with E-state index in [9.17, 15) is 4.79 Å². The molecule has 3 saturated heterocycles. The highest BCUT2D eigenvalue weighted by Gasteiger charge is 2.69.